The van der Waals surface area contributed by atoms with E-state index in [2.05, 4.69) is 10.3 Å². The van der Waals surface area contributed by atoms with E-state index in [4.69, 9.17) is 4.74 Å². The van der Waals surface area contributed by atoms with Gasteiger partial charge in [-0.1, -0.05) is 13.0 Å². The van der Waals surface area contributed by atoms with Gasteiger partial charge in [-0.15, -0.1) is 11.8 Å². The zero-order valence-corrected chi connectivity index (χ0v) is 16.6. The SMILES string of the molecule is CCC(=O)N1CCC(NC(=O)c2cc(F)cnc2Oc2cccc(SC)c2)C1. The van der Waals surface area contributed by atoms with Gasteiger partial charge in [0.2, 0.25) is 11.8 Å². The van der Waals surface area contributed by atoms with E-state index in [-0.39, 0.29) is 23.4 Å². The molecule has 0 aliphatic carbocycles. The molecule has 0 saturated carbocycles. The smallest absolute Gasteiger partial charge is 0.257 e. The highest BCUT2D eigenvalue weighted by Crippen LogP contribution is 2.27. The molecule has 1 fully saturated rings. The first-order valence-electron chi connectivity index (χ1n) is 9.06. The number of thioether (sulfide) groups is 1. The number of nitrogens with zero attached hydrogens (tertiary/aromatic N) is 2. The summed E-state index contributed by atoms with van der Waals surface area (Å²) in [5.74, 6) is -0.484. The maximum Gasteiger partial charge on any atom is 0.257 e. The molecular formula is C20H22FN3O3S. The molecule has 2 aromatic rings. The summed E-state index contributed by atoms with van der Waals surface area (Å²) in [5, 5.41) is 2.86. The summed E-state index contributed by atoms with van der Waals surface area (Å²) < 4.78 is 19.5. The second-order valence-corrected chi connectivity index (χ2v) is 7.32. The molecule has 0 bridgehead atoms. The van der Waals surface area contributed by atoms with Crippen LogP contribution in [0.25, 0.3) is 0 Å². The number of carbonyl (C=O) groups excluding carboxylic acids is 2. The lowest BCUT2D eigenvalue weighted by Crippen LogP contribution is -2.38. The molecule has 1 saturated heterocycles. The van der Waals surface area contributed by atoms with Crippen LogP contribution >= 0.6 is 11.8 Å². The van der Waals surface area contributed by atoms with Crippen molar-refractivity contribution in [2.75, 3.05) is 19.3 Å². The number of pyridine rings is 1. The maximum atomic E-state index is 13.7. The van der Waals surface area contributed by atoms with Crippen LogP contribution in [-0.2, 0) is 4.79 Å². The minimum atomic E-state index is -0.621. The third-order valence-electron chi connectivity index (χ3n) is 4.50. The van der Waals surface area contributed by atoms with Crippen LogP contribution in [0.15, 0.2) is 41.4 Å². The standard InChI is InChI=1S/C20H22FN3O3S/c1-3-18(25)24-8-7-14(12-24)23-19(26)17-9-13(21)11-22-20(17)27-15-5-4-6-16(10-15)28-2/h4-6,9-11,14H,3,7-8,12H2,1-2H3,(H,23,26). The number of likely N-dealkylation sites (tertiary alicyclic amines) is 1. The molecule has 0 spiro atoms. The van der Waals surface area contributed by atoms with E-state index in [9.17, 15) is 14.0 Å². The van der Waals surface area contributed by atoms with Gasteiger partial charge >= 0.3 is 0 Å². The molecule has 6 nitrogen and oxygen atoms in total. The molecule has 8 heteroatoms. The molecule has 3 rings (SSSR count). The first-order chi connectivity index (χ1) is 13.5. The number of rotatable bonds is 6. The van der Waals surface area contributed by atoms with Crippen LogP contribution in [0.2, 0.25) is 0 Å². The van der Waals surface area contributed by atoms with Crippen molar-refractivity contribution in [1.82, 2.24) is 15.2 Å². The van der Waals surface area contributed by atoms with Crippen LogP contribution in [0.4, 0.5) is 4.39 Å². The lowest BCUT2D eigenvalue weighted by Gasteiger charge is -2.17. The van der Waals surface area contributed by atoms with Gasteiger partial charge in [-0.05, 0) is 36.9 Å². The number of benzene rings is 1. The summed E-state index contributed by atoms with van der Waals surface area (Å²) in [7, 11) is 0. The van der Waals surface area contributed by atoms with E-state index < -0.39 is 11.7 Å². The molecule has 28 heavy (non-hydrogen) atoms. The number of amides is 2. The summed E-state index contributed by atoms with van der Waals surface area (Å²) in [6, 6.07) is 8.27. The summed E-state index contributed by atoms with van der Waals surface area (Å²) in [5.41, 5.74) is 0.0230. The predicted molar refractivity (Wildman–Crippen MR) is 105 cm³/mol. The largest absolute Gasteiger partial charge is 0.438 e. The van der Waals surface area contributed by atoms with E-state index in [1.807, 2.05) is 31.4 Å². The van der Waals surface area contributed by atoms with Crippen molar-refractivity contribution in [2.24, 2.45) is 0 Å². The summed E-state index contributed by atoms with van der Waals surface area (Å²) >= 11 is 1.56. The molecule has 0 radical (unpaired) electrons. The van der Waals surface area contributed by atoms with Crippen molar-refractivity contribution >= 4 is 23.6 Å². The van der Waals surface area contributed by atoms with E-state index in [0.29, 0.717) is 31.7 Å². The number of nitrogens with one attached hydrogen (secondary N) is 1. The van der Waals surface area contributed by atoms with Crippen LogP contribution in [0, 0.1) is 5.82 Å². The molecule has 1 unspecified atom stereocenters. The van der Waals surface area contributed by atoms with Gasteiger partial charge in [-0.2, -0.15) is 0 Å². The highest BCUT2D eigenvalue weighted by molar-refractivity contribution is 7.98. The van der Waals surface area contributed by atoms with E-state index >= 15 is 0 Å². The van der Waals surface area contributed by atoms with Crippen molar-refractivity contribution in [2.45, 2.75) is 30.7 Å². The number of aromatic nitrogens is 1. The topological polar surface area (TPSA) is 71.5 Å². The first-order valence-corrected chi connectivity index (χ1v) is 10.3. The fourth-order valence-electron chi connectivity index (χ4n) is 3.04. The van der Waals surface area contributed by atoms with Crippen LogP contribution in [0.5, 0.6) is 11.6 Å². The van der Waals surface area contributed by atoms with Gasteiger partial charge in [0.1, 0.15) is 17.1 Å². The Bertz CT molecular complexity index is 878. The molecular weight excluding hydrogens is 381 g/mol. The average molecular weight is 403 g/mol. The van der Waals surface area contributed by atoms with Gasteiger partial charge in [0.25, 0.3) is 5.91 Å². The quantitative estimate of drug-likeness (QED) is 0.748. The highest BCUT2D eigenvalue weighted by atomic mass is 32.2. The summed E-state index contributed by atoms with van der Waals surface area (Å²) in [6.45, 7) is 2.86. The molecule has 1 aromatic carbocycles. The van der Waals surface area contributed by atoms with Crippen LogP contribution in [-0.4, -0.2) is 47.1 Å². The van der Waals surface area contributed by atoms with E-state index in [1.54, 1.807) is 22.7 Å². The minimum absolute atomic E-state index is 0.0230. The Morgan fingerprint density at radius 3 is 2.96 bits per heavy atom. The first kappa shape index (κ1) is 20.1. The van der Waals surface area contributed by atoms with Gasteiger partial charge in [-0.25, -0.2) is 9.37 Å². The highest BCUT2D eigenvalue weighted by Gasteiger charge is 2.28. The maximum absolute atomic E-state index is 13.7. The van der Waals surface area contributed by atoms with Gasteiger partial charge < -0.3 is 15.0 Å². The number of hydrogen-bond donors (Lipinski definition) is 1. The van der Waals surface area contributed by atoms with E-state index in [0.717, 1.165) is 17.2 Å². The normalized spacial score (nSPS) is 16.1. The Balaban J connectivity index is 1.75. The Morgan fingerprint density at radius 1 is 1.39 bits per heavy atom. The Hall–Kier alpha value is -2.61. The van der Waals surface area contributed by atoms with Gasteiger partial charge in [-0.3, -0.25) is 9.59 Å². The van der Waals surface area contributed by atoms with Gasteiger partial charge in [0.15, 0.2) is 0 Å². The van der Waals surface area contributed by atoms with Gasteiger partial charge in [0.05, 0.1) is 6.20 Å². The summed E-state index contributed by atoms with van der Waals surface area (Å²) in [4.78, 5) is 31.2. The van der Waals surface area contributed by atoms with Crippen molar-refractivity contribution < 1.29 is 18.7 Å². The van der Waals surface area contributed by atoms with Crippen molar-refractivity contribution in [3.63, 3.8) is 0 Å². The molecule has 1 atom stereocenters. The lowest BCUT2D eigenvalue weighted by molar-refractivity contribution is -0.129. The minimum Gasteiger partial charge on any atom is -0.438 e. The number of halogens is 1. The van der Waals surface area contributed by atoms with Crippen molar-refractivity contribution in [3.8, 4) is 11.6 Å². The zero-order valence-electron chi connectivity index (χ0n) is 15.8. The molecule has 2 amide bonds. The second kappa shape index (κ2) is 9.05. The molecule has 1 aliphatic heterocycles. The molecule has 2 heterocycles. The van der Waals surface area contributed by atoms with Crippen LogP contribution < -0.4 is 10.1 Å². The Morgan fingerprint density at radius 2 is 2.21 bits per heavy atom. The van der Waals surface area contributed by atoms with Crippen LogP contribution in [0.1, 0.15) is 30.1 Å². The molecule has 1 aliphatic rings. The zero-order chi connectivity index (χ0) is 20.1. The Labute approximate surface area is 167 Å². The van der Waals surface area contributed by atoms with Crippen molar-refractivity contribution in [1.29, 1.82) is 0 Å². The fourth-order valence-corrected chi connectivity index (χ4v) is 3.49. The van der Waals surface area contributed by atoms with Gasteiger partial charge in [0, 0.05) is 30.4 Å². The third kappa shape index (κ3) is 4.81. The van der Waals surface area contributed by atoms with E-state index in [1.165, 1.54) is 0 Å². The fraction of sp³-hybridized carbons (Fsp3) is 0.350. The molecule has 1 N–H and O–H groups in total. The molecule has 148 valence electrons. The van der Waals surface area contributed by atoms with Crippen LogP contribution in [0.3, 0.4) is 0 Å². The number of hydrogen-bond acceptors (Lipinski definition) is 5. The average Bonchev–Trinajstić information content (AvgIpc) is 3.17. The monoisotopic (exact) mass is 403 g/mol. The lowest BCUT2D eigenvalue weighted by atomic mass is 10.2. The number of carbonyl (C=O) groups is 2. The van der Waals surface area contributed by atoms with Crippen molar-refractivity contribution in [3.05, 3.63) is 47.9 Å². The predicted octanol–water partition coefficient (Wildman–Crippen LogP) is 3.48. The third-order valence-corrected chi connectivity index (χ3v) is 5.22. The second-order valence-electron chi connectivity index (χ2n) is 6.44. The molecule has 1 aromatic heterocycles. The Kier molecular flexibility index (Phi) is 6.51. The summed E-state index contributed by atoms with van der Waals surface area (Å²) in [6.07, 6.45) is 4.05. The number of ether oxygens (including phenoxy) is 1.